The van der Waals surface area contributed by atoms with E-state index in [2.05, 4.69) is 50.0 Å². The number of nitrogens with one attached hydrogen (secondary N) is 2. The molecule has 0 amide bonds. The van der Waals surface area contributed by atoms with Crippen molar-refractivity contribution in [1.82, 2.24) is 9.97 Å². The number of hydrogen-bond acceptors (Lipinski definition) is 16. The molecule has 0 fully saturated rings. The van der Waals surface area contributed by atoms with Crippen LogP contribution in [0, 0.1) is 6.92 Å². The summed E-state index contributed by atoms with van der Waals surface area (Å²) in [5.41, 5.74) is 2.60. The average Bonchev–Trinajstić information content (AvgIpc) is 3.60. The van der Waals surface area contributed by atoms with E-state index in [4.69, 9.17) is 5.26 Å². The molecule has 0 unspecified atom stereocenters. The average molecular weight is 867 g/mol. The molecule has 1 heterocycles. The SMILES string of the molecule is Cc1ccc2cc(SOOO)c(N=Nc3ccc(N=Nc4ccc(N=Nc5ccc6[nH]c(=O)[nH]c6c5)c5ccc(S(=O)(=O)O)cc45)c4ccc(S(=O)(=O)O)cc34)c(O)c2c1. The highest BCUT2D eigenvalue weighted by atomic mass is 32.2. The molecule has 0 saturated carbocycles. The lowest BCUT2D eigenvalue weighted by Crippen LogP contribution is -1.99. The third-order valence-electron chi connectivity index (χ3n) is 9.14. The number of phenolic OH excluding ortho intramolecular Hbond substituents is 1. The molecule has 0 spiro atoms. The lowest BCUT2D eigenvalue weighted by Gasteiger charge is -2.10. The number of fused-ring (bicyclic) bond motifs is 4. The molecule has 0 radical (unpaired) electrons. The monoisotopic (exact) mass is 866 g/mol. The quantitative estimate of drug-likeness (QED) is 0.0233. The van der Waals surface area contributed by atoms with Crippen LogP contribution in [0.15, 0.2) is 153 Å². The van der Waals surface area contributed by atoms with Crippen molar-refractivity contribution >= 4 is 110 Å². The minimum atomic E-state index is -4.70. The molecular weight excluding hydrogens is 841 g/mol. The van der Waals surface area contributed by atoms with E-state index in [1.807, 2.05) is 13.0 Å². The van der Waals surface area contributed by atoms with Crippen LogP contribution in [-0.4, -0.2) is 46.3 Å². The van der Waals surface area contributed by atoms with Crippen LogP contribution in [0.4, 0.5) is 34.1 Å². The van der Waals surface area contributed by atoms with Gasteiger partial charge in [-0.2, -0.15) is 21.9 Å². The molecule has 0 aliphatic carbocycles. The van der Waals surface area contributed by atoms with E-state index in [1.165, 1.54) is 42.5 Å². The number of aromatic nitrogens is 2. The van der Waals surface area contributed by atoms with Crippen molar-refractivity contribution in [3.63, 3.8) is 0 Å². The van der Waals surface area contributed by atoms with Gasteiger partial charge in [-0.15, -0.1) is 29.9 Å². The molecule has 22 heteroatoms. The Balaban J connectivity index is 1.22. The predicted octanol–water partition coefficient (Wildman–Crippen LogP) is 10.5. The first-order chi connectivity index (χ1) is 28.7. The number of phenols is 1. The predicted molar refractivity (Wildman–Crippen MR) is 220 cm³/mol. The van der Waals surface area contributed by atoms with Gasteiger partial charge in [0.15, 0.2) is 5.75 Å². The molecule has 8 aromatic rings. The molecule has 7 aromatic carbocycles. The lowest BCUT2D eigenvalue weighted by molar-refractivity contribution is -0.432. The van der Waals surface area contributed by atoms with Crippen molar-refractivity contribution in [1.29, 1.82) is 0 Å². The summed E-state index contributed by atoms with van der Waals surface area (Å²) in [6, 6.07) is 25.3. The smallest absolute Gasteiger partial charge is 0.323 e. The maximum Gasteiger partial charge on any atom is 0.323 e. The summed E-state index contributed by atoms with van der Waals surface area (Å²) in [5.74, 6) is -0.273. The van der Waals surface area contributed by atoms with Crippen LogP contribution in [0.2, 0.25) is 0 Å². The van der Waals surface area contributed by atoms with E-state index in [-0.39, 0.29) is 49.9 Å². The lowest BCUT2D eigenvalue weighted by atomic mass is 10.1. The summed E-state index contributed by atoms with van der Waals surface area (Å²) in [6.07, 6.45) is 0. The third-order valence-corrected chi connectivity index (χ3v) is 11.5. The summed E-state index contributed by atoms with van der Waals surface area (Å²) >= 11 is 0.542. The molecular formula is C38H26N8O11S3. The van der Waals surface area contributed by atoms with Crippen LogP contribution in [0.3, 0.4) is 0 Å². The zero-order valence-corrected chi connectivity index (χ0v) is 32.8. The van der Waals surface area contributed by atoms with Crippen molar-refractivity contribution in [3.8, 4) is 5.75 Å². The van der Waals surface area contributed by atoms with Gasteiger partial charge in [-0.05, 0) is 91.2 Å². The normalized spacial score (nSPS) is 12.7. The van der Waals surface area contributed by atoms with E-state index in [0.29, 0.717) is 56.0 Å². The van der Waals surface area contributed by atoms with Crippen LogP contribution >= 0.6 is 12.0 Å². The van der Waals surface area contributed by atoms with Gasteiger partial charge in [0.1, 0.15) is 5.69 Å². The van der Waals surface area contributed by atoms with Crippen LogP contribution in [0.25, 0.3) is 43.4 Å². The van der Waals surface area contributed by atoms with E-state index in [9.17, 15) is 35.8 Å². The zero-order valence-electron chi connectivity index (χ0n) is 30.4. The van der Waals surface area contributed by atoms with Gasteiger partial charge in [0.2, 0.25) is 0 Å². The van der Waals surface area contributed by atoms with Crippen molar-refractivity contribution in [2.24, 2.45) is 30.7 Å². The second kappa shape index (κ2) is 15.8. The maximum atomic E-state index is 12.2. The molecule has 302 valence electrons. The van der Waals surface area contributed by atoms with Crippen LogP contribution in [0.1, 0.15) is 5.56 Å². The van der Waals surface area contributed by atoms with E-state index in [1.54, 1.807) is 42.5 Å². The summed E-state index contributed by atoms with van der Waals surface area (Å²) in [7, 11) is -9.35. The third kappa shape index (κ3) is 8.12. The first kappa shape index (κ1) is 40.0. The molecule has 8 rings (SSSR count). The highest BCUT2D eigenvalue weighted by Gasteiger charge is 2.18. The number of imidazole rings is 1. The molecule has 0 aliphatic heterocycles. The molecule has 0 saturated heterocycles. The Morgan fingerprint density at radius 3 is 1.72 bits per heavy atom. The summed E-state index contributed by atoms with van der Waals surface area (Å²) in [6.45, 7) is 1.84. The highest BCUT2D eigenvalue weighted by molar-refractivity contribution is 7.94. The second-order valence-corrected chi connectivity index (χ2v) is 16.6. The molecule has 1 aromatic heterocycles. The number of aromatic hydroxyl groups is 1. The van der Waals surface area contributed by atoms with E-state index in [0.717, 1.165) is 17.7 Å². The number of H-pyrrole nitrogens is 2. The standard InChI is InChI=1S/C38H26N8O11S3/c1-19-2-3-20-15-35(58-57-56-49)36(37(47)26(20)14-19)46-45-32-13-11-30(25-8-6-23(18-28(25)32)60(53,54)55)43-44-31-12-10-29(24-7-5-22(17-27(24)31)59(50,51)52)42-41-21-4-9-33-34(16-21)40-38(48)39-33/h2-18,47,49H,1H3,(H2,39,40,48)(H,50,51,52)(H,53,54,55). The number of aryl methyl sites for hydroxylation is 1. The zero-order chi connectivity index (χ0) is 42.3. The van der Waals surface area contributed by atoms with Gasteiger partial charge in [0, 0.05) is 26.9 Å². The van der Waals surface area contributed by atoms with E-state index >= 15 is 0 Å². The minimum Gasteiger partial charge on any atom is -0.505 e. The number of hydrogen-bond donors (Lipinski definition) is 6. The Morgan fingerprint density at radius 1 is 0.583 bits per heavy atom. The Bertz CT molecular complexity index is 3440. The first-order valence-corrected chi connectivity index (χ1v) is 20.8. The van der Waals surface area contributed by atoms with Gasteiger partial charge in [-0.1, -0.05) is 34.9 Å². The fraction of sp³-hybridized carbons (Fsp3) is 0.0263. The van der Waals surface area contributed by atoms with Gasteiger partial charge in [-0.3, -0.25) is 9.11 Å². The number of nitrogens with zero attached hydrogens (tertiary/aromatic N) is 6. The van der Waals surface area contributed by atoms with Crippen molar-refractivity contribution in [3.05, 3.63) is 119 Å². The number of aromatic amines is 2. The van der Waals surface area contributed by atoms with Gasteiger partial charge in [0.05, 0.1) is 66.2 Å². The minimum absolute atomic E-state index is 0.0739. The molecule has 0 atom stereocenters. The fourth-order valence-corrected chi connectivity index (χ4v) is 7.84. The molecule has 0 aliphatic rings. The van der Waals surface area contributed by atoms with Crippen LogP contribution in [0.5, 0.6) is 5.75 Å². The molecule has 6 N–H and O–H groups in total. The largest absolute Gasteiger partial charge is 0.505 e. The second-order valence-electron chi connectivity index (χ2n) is 13.0. The van der Waals surface area contributed by atoms with Gasteiger partial charge in [-0.25, -0.2) is 10.1 Å². The Morgan fingerprint density at radius 2 is 1.13 bits per heavy atom. The number of azo groups is 3. The van der Waals surface area contributed by atoms with Crippen molar-refractivity contribution < 1.29 is 45.7 Å². The van der Waals surface area contributed by atoms with Crippen LogP contribution in [-0.2, 0) is 29.6 Å². The van der Waals surface area contributed by atoms with Gasteiger partial charge < -0.3 is 15.1 Å². The highest BCUT2D eigenvalue weighted by Crippen LogP contribution is 2.45. The molecule has 19 nitrogen and oxygen atoms in total. The summed E-state index contributed by atoms with van der Waals surface area (Å²) < 4.78 is 73.2. The Labute approximate surface area is 341 Å². The summed E-state index contributed by atoms with van der Waals surface area (Å²) in [4.78, 5) is 16.3. The maximum absolute atomic E-state index is 12.2. The Hall–Kier alpha value is -6.76. The first-order valence-electron chi connectivity index (χ1n) is 17.1. The summed E-state index contributed by atoms with van der Waals surface area (Å²) in [5, 5.41) is 51.9. The topological polar surface area (TPSA) is 290 Å². The molecule has 60 heavy (non-hydrogen) atoms. The van der Waals surface area contributed by atoms with Crippen molar-refractivity contribution in [2.75, 3.05) is 0 Å². The van der Waals surface area contributed by atoms with Gasteiger partial charge in [0.25, 0.3) is 20.2 Å². The number of rotatable bonds is 11. The molecule has 0 bridgehead atoms. The number of benzene rings is 7. The van der Waals surface area contributed by atoms with Gasteiger partial charge >= 0.3 is 5.69 Å². The van der Waals surface area contributed by atoms with Crippen LogP contribution < -0.4 is 5.69 Å². The Kier molecular flexibility index (Phi) is 10.5. The van der Waals surface area contributed by atoms with E-state index < -0.39 is 30.0 Å². The van der Waals surface area contributed by atoms with Crippen molar-refractivity contribution in [2.45, 2.75) is 21.6 Å². The fourth-order valence-electron chi connectivity index (χ4n) is 6.33.